The van der Waals surface area contributed by atoms with Gasteiger partial charge in [-0.3, -0.25) is 4.79 Å². The van der Waals surface area contributed by atoms with Gasteiger partial charge in [0.25, 0.3) is 0 Å². The average molecular weight is 202 g/mol. The molecule has 0 aliphatic heterocycles. The molecular formula is C11H22O3. The summed E-state index contributed by atoms with van der Waals surface area (Å²) in [5.41, 5.74) is 0. The van der Waals surface area contributed by atoms with E-state index in [2.05, 4.69) is 13.8 Å². The Labute approximate surface area is 86.8 Å². The maximum absolute atomic E-state index is 11.0. The Morgan fingerprint density at radius 3 is 2.07 bits per heavy atom. The lowest BCUT2D eigenvalue weighted by molar-refractivity contribution is -0.149. The van der Waals surface area contributed by atoms with Crippen molar-refractivity contribution in [1.82, 2.24) is 0 Å². The van der Waals surface area contributed by atoms with Gasteiger partial charge in [0, 0.05) is 0 Å². The van der Waals surface area contributed by atoms with E-state index < -0.39 is 0 Å². The molecule has 1 atom stereocenters. The van der Waals surface area contributed by atoms with Crippen LogP contribution < -0.4 is 0 Å². The van der Waals surface area contributed by atoms with E-state index in [0.29, 0.717) is 19.1 Å². The lowest BCUT2D eigenvalue weighted by Gasteiger charge is -2.16. The molecule has 0 fully saturated rings. The highest BCUT2D eigenvalue weighted by Crippen LogP contribution is 2.04. The number of carbonyl (C=O) groups excluding carboxylic acids is 1. The SMILES string of the molecule is CC(C)C(=O)OCCOC(C)C(C)C. The summed E-state index contributed by atoms with van der Waals surface area (Å²) in [6.07, 6.45) is 0.216. The average Bonchev–Trinajstić information content (AvgIpc) is 2.11. The first-order valence-corrected chi connectivity index (χ1v) is 5.23. The standard InChI is InChI=1S/C11H22O3/c1-8(2)10(5)13-6-7-14-11(12)9(3)4/h8-10H,6-7H2,1-5H3. The second-order valence-corrected chi connectivity index (χ2v) is 4.14. The van der Waals surface area contributed by atoms with Crippen LogP contribution in [0.4, 0.5) is 0 Å². The minimum absolute atomic E-state index is 0.0578. The molecule has 3 nitrogen and oxygen atoms in total. The largest absolute Gasteiger partial charge is 0.463 e. The lowest BCUT2D eigenvalue weighted by Crippen LogP contribution is -2.20. The zero-order valence-corrected chi connectivity index (χ0v) is 9.87. The summed E-state index contributed by atoms with van der Waals surface area (Å²) in [6, 6.07) is 0. The molecule has 1 unspecified atom stereocenters. The van der Waals surface area contributed by atoms with Crippen LogP contribution in [0.1, 0.15) is 34.6 Å². The van der Waals surface area contributed by atoms with Crippen LogP contribution in [0.2, 0.25) is 0 Å². The molecule has 0 bridgehead atoms. The third-order valence-electron chi connectivity index (χ3n) is 2.12. The molecule has 0 N–H and O–H groups in total. The Bertz CT molecular complexity index is 164. The van der Waals surface area contributed by atoms with E-state index >= 15 is 0 Å². The second-order valence-electron chi connectivity index (χ2n) is 4.14. The molecule has 84 valence electrons. The molecule has 0 radical (unpaired) electrons. The van der Waals surface area contributed by atoms with Gasteiger partial charge in [0.15, 0.2) is 0 Å². The Morgan fingerprint density at radius 1 is 1.07 bits per heavy atom. The molecule has 0 spiro atoms. The van der Waals surface area contributed by atoms with Crippen molar-refractivity contribution in [3.8, 4) is 0 Å². The van der Waals surface area contributed by atoms with E-state index in [9.17, 15) is 4.79 Å². The van der Waals surface area contributed by atoms with Crippen LogP contribution >= 0.6 is 0 Å². The van der Waals surface area contributed by atoms with Gasteiger partial charge in [-0.1, -0.05) is 27.7 Å². The zero-order valence-electron chi connectivity index (χ0n) is 9.87. The molecule has 0 saturated heterocycles. The minimum Gasteiger partial charge on any atom is -0.463 e. The van der Waals surface area contributed by atoms with Crippen LogP contribution in [-0.2, 0) is 14.3 Å². The van der Waals surface area contributed by atoms with Crippen molar-refractivity contribution in [3.05, 3.63) is 0 Å². The highest BCUT2D eigenvalue weighted by atomic mass is 16.6. The van der Waals surface area contributed by atoms with Crippen molar-refractivity contribution >= 4 is 5.97 Å². The normalized spacial score (nSPS) is 13.4. The van der Waals surface area contributed by atoms with Crippen molar-refractivity contribution in [2.75, 3.05) is 13.2 Å². The van der Waals surface area contributed by atoms with Crippen LogP contribution in [-0.4, -0.2) is 25.3 Å². The van der Waals surface area contributed by atoms with Gasteiger partial charge in [0.2, 0.25) is 0 Å². The summed E-state index contributed by atoms with van der Waals surface area (Å²) >= 11 is 0. The van der Waals surface area contributed by atoms with Crippen molar-refractivity contribution in [2.45, 2.75) is 40.7 Å². The summed E-state index contributed by atoms with van der Waals surface area (Å²) in [7, 11) is 0. The fourth-order valence-electron chi connectivity index (χ4n) is 0.735. The molecule has 0 aromatic heterocycles. The van der Waals surface area contributed by atoms with E-state index in [-0.39, 0.29) is 18.0 Å². The zero-order chi connectivity index (χ0) is 11.1. The van der Waals surface area contributed by atoms with Crippen molar-refractivity contribution in [3.63, 3.8) is 0 Å². The Kier molecular flexibility index (Phi) is 6.54. The van der Waals surface area contributed by atoms with E-state index in [1.807, 2.05) is 20.8 Å². The number of carbonyl (C=O) groups is 1. The molecule has 0 rings (SSSR count). The Hall–Kier alpha value is -0.570. The number of ether oxygens (including phenoxy) is 2. The second kappa shape index (κ2) is 6.82. The highest BCUT2D eigenvalue weighted by Gasteiger charge is 2.09. The lowest BCUT2D eigenvalue weighted by atomic mass is 10.1. The molecule has 3 heteroatoms. The van der Waals surface area contributed by atoms with Crippen LogP contribution in [0.5, 0.6) is 0 Å². The van der Waals surface area contributed by atoms with Gasteiger partial charge >= 0.3 is 5.97 Å². The molecule has 0 aliphatic rings. The number of hydrogen-bond acceptors (Lipinski definition) is 3. The van der Waals surface area contributed by atoms with E-state index in [4.69, 9.17) is 9.47 Å². The quantitative estimate of drug-likeness (QED) is 0.489. The topological polar surface area (TPSA) is 35.5 Å². The fourth-order valence-corrected chi connectivity index (χ4v) is 0.735. The third kappa shape index (κ3) is 5.97. The summed E-state index contributed by atoms with van der Waals surface area (Å²) < 4.78 is 10.4. The number of esters is 1. The van der Waals surface area contributed by atoms with Gasteiger partial charge in [-0.15, -0.1) is 0 Å². The molecule has 0 aliphatic carbocycles. The molecule has 0 heterocycles. The van der Waals surface area contributed by atoms with E-state index in [1.165, 1.54) is 0 Å². The predicted octanol–water partition coefficient (Wildman–Crippen LogP) is 2.25. The van der Waals surface area contributed by atoms with Gasteiger partial charge < -0.3 is 9.47 Å². The van der Waals surface area contributed by atoms with Gasteiger partial charge in [0.1, 0.15) is 6.61 Å². The Morgan fingerprint density at radius 2 is 1.64 bits per heavy atom. The monoisotopic (exact) mass is 202 g/mol. The smallest absolute Gasteiger partial charge is 0.308 e. The first-order valence-electron chi connectivity index (χ1n) is 5.23. The van der Waals surface area contributed by atoms with E-state index in [1.54, 1.807) is 0 Å². The van der Waals surface area contributed by atoms with Gasteiger partial charge in [-0.05, 0) is 12.8 Å². The molecule has 0 saturated carbocycles. The summed E-state index contributed by atoms with van der Waals surface area (Å²) in [4.78, 5) is 11.0. The van der Waals surface area contributed by atoms with Crippen molar-refractivity contribution in [2.24, 2.45) is 11.8 Å². The Balaban J connectivity index is 3.43. The van der Waals surface area contributed by atoms with Crippen molar-refractivity contribution in [1.29, 1.82) is 0 Å². The summed E-state index contributed by atoms with van der Waals surface area (Å²) in [5.74, 6) is 0.277. The van der Waals surface area contributed by atoms with Crippen LogP contribution in [0.3, 0.4) is 0 Å². The highest BCUT2D eigenvalue weighted by molar-refractivity contribution is 5.71. The third-order valence-corrected chi connectivity index (χ3v) is 2.12. The predicted molar refractivity (Wildman–Crippen MR) is 56.0 cm³/mol. The maximum atomic E-state index is 11.0. The minimum atomic E-state index is -0.161. The molecule has 0 aromatic carbocycles. The molecule has 0 aromatic rings. The van der Waals surface area contributed by atoms with Crippen LogP contribution in [0.25, 0.3) is 0 Å². The maximum Gasteiger partial charge on any atom is 0.308 e. The summed E-state index contributed by atoms with van der Waals surface area (Å²) in [5, 5.41) is 0. The van der Waals surface area contributed by atoms with E-state index in [0.717, 1.165) is 0 Å². The summed E-state index contributed by atoms with van der Waals surface area (Å²) in [6.45, 7) is 10.7. The first kappa shape index (κ1) is 13.4. The first-order chi connectivity index (χ1) is 6.45. The van der Waals surface area contributed by atoms with Gasteiger partial charge in [-0.25, -0.2) is 0 Å². The van der Waals surface area contributed by atoms with Crippen molar-refractivity contribution < 1.29 is 14.3 Å². The van der Waals surface area contributed by atoms with Gasteiger partial charge in [-0.2, -0.15) is 0 Å². The molecular weight excluding hydrogens is 180 g/mol. The van der Waals surface area contributed by atoms with Crippen LogP contribution in [0, 0.1) is 11.8 Å². The molecule has 0 amide bonds. The number of hydrogen-bond donors (Lipinski definition) is 0. The fraction of sp³-hybridized carbons (Fsp3) is 0.909. The van der Waals surface area contributed by atoms with Gasteiger partial charge in [0.05, 0.1) is 18.6 Å². The number of rotatable bonds is 6. The van der Waals surface area contributed by atoms with Crippen LogP contribution in [0.15, 0.2) is 0 Å². The molecule has 14 heavy (non-hydrogen) atoms.